The molecule has 1 aliphatic heterocycles. The van der Waals surface area contributed by atoms with Crippen LogP contribution in [0.2, 0.25) is 0 Å². The van der Waals surface area contributed by atoms with E-state index in [2.05, 4.69) is 15.4 Å². The van der Waals surface area contributed by atoms with Crippen LogP contribution < -0.4 is 10.6 Å². The number of esters is 1. The molecule has 0 amide bonds. The van der Waals surface area contributed by atoms with Gasteiger partial charge in [0.1, 0.15) is 5.82 Å². The largest absolute Gasteiger partial charge is 0.465 e. The molecular formula is C10H11FN2O2. The third kappa shape index (κ3) is 1.72. The van der Waals surface area contributed by atoms with E-state index in [9.17, 15) is 9.18 Å². The first-order chi connectivity index (χ1) is 7.22. The summed E-state index contributed by atoms with van der Waals surface area (Å²) in [6.45, 7) is 1.49. The summed E-state index contributed by atoms with van der Waals surface area (Å²) in [6, 6.07) is 2.76. The van der Waals surface area contributed by atoms with E-state index in [-0.39, 0.29) is 5.56 Å². The minimum absolute atomic E-state index is 0.0487. The molecule has 0 aliphatic carbocycles. The molecule has 80 valence electrons. The quantitative estimate of drug-likeness (QED) is 0.689. The molecule has 0 aromatic heterocycles. The third-order valence-electron chi connectivity index (χ3n) is 2.27. The Labute approximate surface area is 86.4 Å². The van der Waals surface area contributed by atoms with Crippen molar-refractivity contribution < 1.29 is 13.9 Å². The second-order valence-electron chi connectivity index (χ2n) is 3.22. The van der Waals surface area contributed by atoms with Crippen LogP contribution in [0.4, 0.5) is 15.8 Å². The molecule has 0 atom stereocenters. The van der Waals surface area contributed by atoms with Gasteiger partial charge < -0.3 is 15.4 Å². The number of fused-ring (bicyclic) bond motifs is 1. The fraction of sp³-hybridized carbons (Fsp3) is 0.300. The topological polar surface area (TPSA) is 50.4 Å². The van der Waals surface area contributed by atoms with Gasteiger partial charge in [0.2, 0.25) is 0 Å². The molecule has 0 bridgehead atoms. The first-order valence-corrected chi connectivity index (χ1v) is 4.62. The van der Waals surface area contributed by atoms with Gasteiger partial charge in [-0.1, -0.05) is 0 Å². The zero-order valence-corrected chi connectivity index (χ0v) is 8.26. The number of hydrogen-bond acceptors (Lipinski definition) is 4. The van der Waals surface area contributed by atoms with Crippen molar-refractivity contribution in [1.82, 2.24) is 0 Å². The van der Waals surface area contributed by atoms with Gasteiger partial charge >= 0.3 is 5.97 Å². The standard InChI is InChI=1S/C10H11FN2O2/c1-15-10(14)6-4-8-9(5-7(6)11)13-3-2-12-8/h4-5,12-13H,2-3H2,1H3. The molecule has 5 heteroatoms. The van der Waals surface area contributed by atoms with Gasteiger partial charge in [-0.25, -0.2) is 9.18 Å². The molecule has 1 aromatic rings. The van der Waals surface area contributed by atoms with Crippen molar-refractivity contribution in [1.29, 1.82) is 0 Å². The van der Waals surface area contributed by atoms with E-state index in [0.717, 1.165) is 18.8 Å². The van der Waals surface area contributed by atoms with E-state index in [1.165, 1.54) is 19.2 Å². The fourth-order valence-corrected chi connectivity index (χ4v) is 1.53. The van der Waals surface area contributed by atoms with Gasteiger partial charge in [0.05, 0.1) is 24.0 Å². The van der Waals surface area contributed by atoms with Crippen LogP contribution in [0.25, 0.3) is 0 Å². The molecule has 2 rings (SSSR count). The lowest BCUT2D eigenvalue weighted by Gasteiger charge is -2.20. The SMILES string of the molecule is COC(=O)c1cc2c(cc1F)NCCN2. The molecular weight excluding hydrogens is 199 g/mol. The van der Waals surface area contributed by atoms with Crippen LogP contribution in [0.15, 0.2) is 12.1 Å². The predicted molar refractivity (Wildman–Crippen MR) is 54.7 cm³/mol. The first kappa shape index (κ1) is 9.76. The summed E-state index contributed by atoms with van der Waals surface area (Å²) < 4.78 is 17.9. The maximum atomic E-state index is 13.4. The molecule has 0 radical (unpaired) electrons. The Balaban J connectivity index is 2.44. The zero-order valence-electron chi connectivity index (χ0n) is 8.26. The molecule has 1 aliphatic rings. The lowest BCUT2D eigenvalue weighted by atomic mass is 10.1. The highest BCUT2D eigenvalue weighted by Gasteiger charge is 2.17. The summed E-state index contributed by atoms with van der Waals surface area (Å²) in [6.07, 6.45) is 0. The van der Waals surface area contributed by atoms with Crippen molar-refractivity contribution >= 4 is 17.3 Å². The molecule has 1 heterocycles. The number of hydrogen-bond donors (Lipinski definition) is 2. The number of carbonyl (C=O) groups is 1. The molecule has 1 aromatic carbocycles. The molecule has 0 saturated heterocycles. The summed E-state index contributed by atoms with van der Waals surface area (Å²) in [5.41, 5.74) is 1.35. The Morgan fingerprint density at radius 1 is 1.33 bits per heavy atom. The van der Waals surface area contributed by atoms with Gasteiger partial charge in [0.25, 0.3) is 0 Å². The van der Waals surface area contributed by atoms with Crippen LogP contribution >= 0.6 is 0 Å². The number of halogens is 1. The zero-order chi connectivity index (χ0) is 10.8. The maximum Gasteiger partial charge on any atom is 0.340 e. The number of rotatable bonds is 1. The monoisotopic (exact) mass is 210 g/mol. The predicted octanol–water partition coefficient (Wildman–Crippen LogP) is 1.45. The van der Waals surface area contributed by atoms with Crippen molar-refractivity contribution in [2.24, 2.45) is 0 Å². The first-order valence-electron chi connectivity index (χ1n) is 4.62. The van der Waals surface area contributed by atoms with Gasteiger partial charge in [0, 0.05) is 13.1 Å². The number of nitrogens with one attached hydrogen (secondary N) is 2. The minimum Gasteiger partial charge on any atom is -0.465 e. The van der Waals surface area contributed by atoms with Gasteiger partial charge in [-0.05, 0) is 12.1 Å². The number of anilines is 2. The number of carbonyl (C=O) groups excluding carboxylic acids is 1. The van der Waals surface area contributed by atoms with Crippen LogP contribution in [0.1, 0.15) is 10.4 Å². The highest BCUT2D eigenvalue weighted by Crippen LogP contribution is 2.27. The highest BCUT2D eigenvalue weighted by atomic mass is 19.1. The molecule has 0 spiro atoms. The van der Waals surface area contributed by atoms with E-state index in [1.54, 1.807) is 0 Å². The van der Waals surface area contributed by atoms with Crippen molar-refractivity contribution in [3.8, 4) is 0 Å². The Hall–Kier alpha value is -1.78. The Kier molecular flexibility index (Phi) is 2.45. The summed E-state index contributed by atoms with van der Waals surface area (Å²) in [5.74, 6) is -1.24. The smallest absolute Gasteiger partial charge is 0.340 e. The lowest BCUT2D eigenvalue weighted by Crippen LogP contribution is -2.21. The van der Waals surface area contributed by atoms with Gasteiger partial charge in [-0.2, -0.15) is 0 Å². The van der Waals surface area contributed by atoms with Crippen molar-refractivity contribution in [2.75, 3.05) is 30.8 Å². The Bertz CT molecular complexity index is 407. The molecule has 0 saturated carbocycles. The van der Waals surface area contributed by atoms with Crippen LogP contribution in [0.3, 0.4) is 0 Å². The van der Waals surface area contributed by atoms with E-state index in [1.807, 2.05) is 0 Å². The van der Waals surface area contributed by atoms with E-state index in [4.69, 9.17) is 0 Å². The summed E-state index contributed by atoms with van der Waals surface area (Å²) in [7, 11) is 1.23. The lowest BCUT2D eigenvalue weighted by molar-refractivity contribution is 0.0595. The van der Waals surface area contributed by atoms with E-state index < -0.39 is 11.8 Å². The molecule has 2 N–H and O–H groups in total. The normalized spacial score (nSPS) is 13.5. The average Bonchev–Trinajstić information content (AvgIpc) is 2.27. The van der Waals surface area contributed by atoms with Crippen molar-refractivity contribution in [3.63, 3.8) is 0 Å². The van der Waals surface area contributed by atoms with Crippen molar-refractivity contribution in [3.05, 3.63) is 23.5 Å². The summed E-state index contributed by atoms with van der Waals surface area (Å²) >= 11 is 0. The fourth-order valence-electron chi connectivity index (χ4n) is 1.53. The van der Waals surface area contributed by atoms with Gasteiger partial charge in [-0.3, -0.25) is 0 Å². The summed E-state index contributed by atoms with van der Waals surface area (Å²) in [4.78, 5) is 11.2. The van der Waals surface area contributed by atoms with E-state index in [0.29, 0.717) is 5.69 Å². The van der Waals surface area contributed by atoms with Gasteiger partial charge in [0.15, 0.2) is 0 Å². The number of benzene rings is 1. The van der Waals surface area contributed by atoms with E-state index >= 15 is 0 Å². The summed E-state index contributed by atoms with van der Waals surface area (Å²) in [5, 5.41) is 6.11. The molecule has 0 unspecified atom stereocenters. The third-order valence-corrected chi connectivity index (χ3v) is 2.27. The maximum absolute atomic E-state index is 13.4. The average molecular weight is 210 g/mol. The van der Waals surface area contributed by atoms with Gasteiger partial charge in [-0.15, -0.1) is 0 Å². The number of methoxy groups -OCH3 is 1. The van der Waals surface area contributed by atoms with Crippen LogP contribution in [0, 0.1) is 5.82 Å². The molecule has 0 fully saturated rings. The van der Waals surface area contributed by atoms with Crippen LogP contribution in [-0.2, 0) is 4.74 Å². The van der Waals surface area contributed by atoms with Crippen molar-refractivity contribution in [2.45, 2.75) is 0 Å². The van der Waals surface area contributed by atoms with Crippen LogP contribution in [-0.4, -0.2) is 26.2 Å². The molecule has 4 nitrogen and oxygen atoms in total. The second-order valence-corrected chi connectivity index (χ2v) is 3.22. The molecule has 15 heavy (non-hydrogen) atoms. The Morgan fingerprint density at radius 2 is 1.93 bits per heavy atom. The highest BCUT2D eigenvalue weighted by molar-refractivity contribution is 5.92. The second kappa shape index (κ2) is 3.76. The van der Waals surface area contributed by atoms with Crippen LogP contribution in [0.5, 0.6) is 0 Å². The minimum atomic E-state index is -0.664. The Morgan fingerprint density at radius 3 is 2.53 bits per heavy atom. The number of ether oxygens (including phenoxy) is 1.